The van der Waals surface area contributed by atoms with Gasteiger partial charge in [0, 0.05) is 23.6 Å². The van der Waals surface area contributed by atoms with Gasteiger partial charge in [0.05, 0.1) is 13.0 Å². The first-order valence-corrected chi connectivity index (χ1v) is 10.2. The Labute approximate surface area is 188 Å². The van der Waals surface area contributed by atoms with E-state index < -0.39 is 30.3 Å². The number of rotatable bonds is 6. The summed E-state index contributed by atoms with van der Waals surface area (Å²) in [6.45, 7) is -0.0389. The lowest BCUT2D eigenvalue weighted by Gasteiger charge is -2.34. The zero-order chi connectivity index (χ0) is 23.5. The van der Waals surface area contributed by atoms with Crippen molar-refractivity contribution in [3.8, 4) is 11.6 Å². The molecule has 0 radical (unpaired) electrons. The van der Waals surface area contributed by atoms with Gasteiger partial charge in [0.1, 0.15) is 17.4 Å². The molecule has 1 saturated heterocycles. The topological polar surface area (TPSA) is 94.8 Å². The first kappa shape index (κ1) is 23.8. The average molecular weight is 520 g/mol. The standard InChI is InChI=1S/C20H18BrF4N3O4/c21-12-8-14(18(26)30)19(27-9-12)31-16-5-6-28(10-15(16)22)17(29)7-11-1-3-13(4-2-11)32-20(23,24)25/h1-4,8-9,15-16H,5-7,10H2,(H2,26,30)/t15-,16-/m1/s1. The molecule has 1 aliphatic rings. The number of hydrogen-bond acceptors (Lipinski definition) is 5. The highest BCUT2D eigenvalue weighted by Gasteiger charge is 2.34. The van der Waals surface area contributed by atoms with Crippen molar-refractivity contribution in [2.45, 2.75) is 31.5 Å². The summed E-state index contributed by atoms with van der Waals surface area (Å²) in [6.07, 6.45) is -5.83. The van der Waals surface area contributed by atoms with E-state index in [0.29, 0.717) is 10.0 Å². The van der Waals surface area contributed by atoms with Gasteiger partial charge in [-0.15, -0.1) is 13.2 Å². The van der Waals surface area contributed by atoms with Gasteiger partial charge in [-0.3, -0.25) is 9.59 Å². The number of nitrogens with two attached hydrogens (primary N) is 1. The van der Waals surface area contributed by atoms with Crippen molar-refractivity contribution in [3.63, 3.8) is 0 Å². The molecule has 172 valence electrons. The highest BCUT2D eigenvalue weighted by atomic mass is 79.9. The van der Waals surface area contributed by atoms with Crippen LogP contribution in [0.2, 0.25) is 0 Å². The zero-order valence-electron chi connectivity index (χ0n) is 16.4. The number of likely N-dealkylation sites (tertiary alicyclic amines) is 1. The predicted molar refractivity (Wildman–Crippen MR) is 108 cm³/mol. The fourth-order valence-electron chi connectivity index (χ4n) is 3.18. The van der Waals surface area contributed by atoms with Crippen LogP contribution in [-0.2, 0) is 11.2 Å². The summed E-state index contributed by atoms with van der Waals surface area (Å²) in [4.78, 5) is 29.4. The van der Waals surface area contributed by atoms with E-state index in [0.717, 1.165) is 12.1 Å². The summed E-state index contributed by atoms with van der Waals surface area (Å²) in [7, 11) is 0. The van der Waals surface area contributed by atoms with E-state index in [1.807, 2.05) is 0 Å². The molecule has 2 aromatic rings. The van der Waals surface area contributed by atoms with Crippen LogP contribution in [0.1, 0.15) is 22.3 Å². The van der Waals surface area contributed by atoms with E-state index in [1.54, 1.807) is 0 Å². The molecule has 0 aliphatic carbocycles. The molecule has 0 saturated carbocycles. The molecule has 1 fully saturated rings. The maximum Gasteiger partial charge on any atom is 0.573 e. The molecule has 2 amide bonds. The third kappa shape index (κ3) is 6.31. The van der Waals surface area contributed by atoms with E-state index in [2.05, 4.69) is 25.7 Å². The first-order chi connectivity index (χ1) is 15.0. The maximum absolute atomic E-state index is 14.7. The second-order valence-electron chi connectivity index (χ2n) is 7.04. The first-order valence-electron chi connectivity index (χ1n) is 9.40. The van der Waals surface area contributed by atoms with Crippen LogP contribution in [-0.4, -0.2) is 53.4 Å². The van der Waals surface area contributed by atoms with Gasteiger partial charge in [0.25, 0.3) is 5.91 Å². The number of piperidine rings is 1. The third-order valence-electron chi connectivity index (χ3n) is 4.69. The molecular formula is C20H18BrF4N3O4. The molecule has 3 rings (SSSR count). The molecule has 0 bridgehead atoms. The number of pyridine rings is 1. The second-order valence-corrected chi connectivity index (χ2v) is 7.96. The Morgan fingerprint density at radius 2 is 1.94 bits per heavy atom. The molecule has 1 aromatic carbocycles. The fraction of sp³-hybridized carbons (Fsp3) is 0.350. The highest BCUT2D eigenvalue weighted by molar-refractivity contribution is 9.10. The van der Waals surface area contributed by atoms with Gasteiger partial charge >= 0.3 is 6.36 Å². The largest absolute Gasteiger partial charge is 0.573 e. The number of benzene rings is 1. The normalized spacial score (nSPS) is 18.8. The van der Waals surface area contributed by atoms with Crippen molar-refractivity contribution in [2.75, 3.05) is 13.1 Å². The molecule has 32 heavy (non-hydrogen) atoms. The smallest absolute Gasteiger partial charge is 0.471 e. The molecule has 1 aromatic heterocycles. The Morgan fingerprint density at radius 1 is 1.25 bits per heavy atom. The average Bonchev–Trinajstić information content (AvgIpc) is 2.70. The number of carbonyl (C=O) groups is 2. The molecule has 2 heterocycles. The minimum Gasteiger partial charge on any atom is -0.471 e. The Bertz CT molecular complexity index is 988. The van der Waals surface area contributed by atoms with Gasteiger partial charge in [0.2, 0.25) is 11.8 Å². The minimum absolute atomic E-state index is 0.00281. The van der Waals surface area contributed by atoms with Crippen LogP contribution in [0.4, 0.5) is 17.6 Å². The van der Waals surface area contributed by atoms with Crippen molar-refractivity contribution in [3.05, 3.63) is 52.1 Å². The van der Waals surface area contributed by atoms with Crippen molar-refractivity contribution >= 4 is 27.7 Å². The quantitative estimate of drug-likeness (QED) is 0.590. The van der Waals surface area contributed by atoms with Gasteiger partial charge in [-0.25, -0.2) is 9.37 Å². The van der Waals surface area contributed by atoms with Crippen LogP contribution in [0.15, 0.2) is 41.0 Å². The van der Waals surface area contributed by atoms with Crippen LogP contribution >= 0.6 is 15.9 Å². The molecule has 1 aliphatic heterocycles. The van der Waals surface area contributed by atoms with Gasteiger partial charge in [-0.1, -0.05) is 12.1 Å². The van der Waals surface area contributed by atoms with E-state index in [-0.39, 0.29) is 43.3 Å². The summed E-state index contributed by atoms with van der Waals surface area (Å²) >= 11 is 3.17. The van der Waals surface area contributed by atoms with E-state index in [1.165, 1.54) is 29.3 Å². The number of primary amides is 1. The van der Waals surface area contributed by atoms with Crippen molar-refractivity contribution in [1.82, 2.24) is 9.88 Å². The Balaban J connectivity index is 1.57. The number of aromatic nitrogens is 1. The lowest BCUT2D eigenvalue weighted by Crippen LogP contribution is -2.49. The van der Waals surface area contributed by atoms with E-state index in [9.17, 15) is 27.2 Å². The Morgan fingerprint density at radius 3 is 2.53 bits per heavy atom. The highest BCUT2D eigenvalue weighted by Crippen LogP contribution is 2.26. The van der Waals surface area contributed by atoms with E-state index >= 15 is 0 Å². The number of alkyl halides is 4. The summed E-state index contributed by atoms with van der Waals surface area (Å²) in [5.74, 6) is -1.64. The minimum atomic E-state index is -4.80. The van der Waals surface area contributed by atoms with Gasteiger partial charge < -0.3 is 20.1 Å². The van der Waals surface area contributed by atoms with Gasteiger partial charge in [-0.2, -0.15) is 0 Å². The summed E-state index contributed by atoms with van der Waals surface area (Å²) in [5, 5.41) is 0. The van der Waals surface area contributed by atoms with Crippen molar-refractivity contribution in [1.29, 1.82) is 0 Å². The number of carbonyl (C=O) groups excluding carboxylic acids is 2. The summed E-state index contributed by atoms with van der Waals surface area (Å²) < 4.78 is 61.2. The van der Waals surface area contributed by atoms with Gasteiger partial charge in [-0.05, 0) is 39.7 Å². The predicted octanol–water partition coefficient (Wildman–Crippen LogP) is 3.40. The number of amides is 2. The van der Waals surface area contributed by atoms with E-state index in [4.69, 9.17) is 10.5 Å². The Kier molecular flexibility index (Phi) is 7.22. The van der Waals surface area contributed by atoms with Crippen molar-refractivity contribution < 1.29 is 36.6 Å². The molecule has 7 nitrogen and oxygen atoms in total. The molecular weight excluding hydrogens is 502 g/mol. The molecule has 2 N–H and O–H groups in total. The zero-order valence-corrected chi connectivity index (χ0v) is 18.0. The van der Waals surface area contributed by atoms with Crippen LogP contribution < -0.4 is 15.2 Å². The van der Waals surface area contributed by atoms with Crippen molar-refractivity contribution in [2.24, 2.45) is 5.73 Å². The molecule has 2 atom stereocenters. The number of halogens is 5. The van der Waals surface area contributed by atoms with Crippen LogP contribution in [0, 0.1) is 0 Å². The number of hydrogen-bond donors (Lipinski definition) is 1. The van der Waals surface area contributed by atoms with Crippen LogP contribution in [0.5, 0.6) is 11.6 Å². The third-order valence-corrected chi connectivity index (χ3v) is 5.13. The monoisotopic (exact) mass is 519 g/mol. The fourth-order valence-corrected chi connectivity index (χ4v) is 3.51. The summed E-state index contributed by atoms with van der Waals surface area (Å²) in [5.41, 5.74) is 5.77. The van der Waals surface area contributed by atoms with Gasteiger partial charge in [0.15, 0.2) is 6.17 Å². The second kappa shape index (κ2) is 9.72. The maximum atomic E-state index is 14.7. The lowest BCUT2D eigenvalue weighted by atomic mass is 10.0. The van der Waals surface area contributed by atoms with Crippen LogP contribution in [0.3, 0.4) is 0 Å². The van der Waals surface area contributed by atoms with Crippen LogP contribution in [0.25, 0.3) is 0 Å². The molecule has 0 spiro atoms. The molecule has 12 heteroatoms. The Hall–Kier alpha value is -2.89. The summed E-state index contributed by atoms with van der Waals surface area (Å²) in [6, 6.07) is 6.31. The lowest BCUT2D eigenvalue weighted by molar-refractivity contribution is -0.274. The number of ether oxygens (including phenoxy) is 2. The SMILES string of the molecule is NC(=O)c1cc(Br)cnc1O[C@@H]1CCN(C(=O)Cc2ccc(OC(F)(F)F)cc2)C[C@H]1F. The molecule has 0 unspecified atom stereocenters. The number of nitrogens with zero attached hydrogens (tertiary/aromatic N) is 2.